The van der Waals surface area contributed by atoms with Crippen LogP contribution in [0.3, 0.4) is 0 Å². The van der Waals surface area contributed by atoms with Crippen molar-refractivity contribution in [2.75, 3.05) is 6.61 Å². The standard InChI is InChI=1S/C10H13NO3S/c11-15(12,13)10-4-2-1-3-9(10)14-7-8-5-6-8/h1-4,8H,5-7H2,(H2,11,12,13). The van der Waals surface area contributed by atoms with Crippen LogP contribution in [0, 0.1) is 5.92 Å². The summed E-state index contributed by atoms with van der Waals surface area (Å²) in [6.07, 6.45) is 2.33. The smallest absolute Gasteiger partial charge is 0.241 e. The molecule has 5 heteroatoms. The molecule has 2 rings (SSSR count). The molecule has 0 bridgehead atoms. The van der Waals surface area contributed by atoms with E-state index >= 15 is 0 Å². The molecule has 1 aromatic carbocycles. The zero-order chi connectivity index (χ0) is 10.9. The van der Waals surface area contributed by atoms with Gasteiger partial charge in [0.25, 0.3) is 0 Å². The Morgan fingerprint density at radius 2 is 2.00 bits per heavy atom. The van der Waals surface area contributed by atoms with Gasteiger partial charge >= 0.3 is 0 Å². The number of sulfonamides is 1. The Balaban J connectivity index is 2.20. The third kappa shape index (κ3) is 2.70. The average molecular weight is 227 g/mol. The van der Waals surface area contributed by atoms with Crippen molar-refractivity contribution in [2.24, 2.45) is 11.1 Å². The Labute approximate surface area is 89.1 Å². The fourth-order valence-electron chi connectivity index (χ4n) is 1.30. The molecule has 0 saturated heterocycles. The molecule has 1 aliphatic carbocycles. The van der Waals surface area contributed by atoms with Crippen molar-refractivity contribution in [3.63, 3.8) is 0 Å². The highest BCUT2D eigenvalue weighted by Gasteiger charge is 2.23. The van der Waals surface area contributed by atoms with Crippen LogP contribution in [0.1, 0.15) is 12.8 Å². The van der Waals surface area contributed by atoms with Gasteiger partial charge in [-0.3, -0.25) is 0 Å². The Bertz CT molecular complexity index is 451. The highest BCUT2D eigenvalue weighted by molar-refractivity contribution is 7.89. The van der Waals surface area contributed by atoms with Gasteiger partial charge in [0.2, 0.25) is 10.0 Å². The Hall–Kier alpha value is -1.07. The summed E-state index contributed by atoms with van der Waals surface area (Å²) in [5.41, 5.74) is 0. The summed E-state index contributed by atoms with van der Waals surface area (Å²) in [5, 5.41) is 5.07. The van der Waals surface area contributed by atoms with E-state index in [0.717, 1.165) is 12.8 Å². The normalized spacial score (nSPS) is 16.3. The largest absolute Gasteiger partial charge is 0.492 e. The molecule has 1 aromatic rings. The van der Waals surface area contributed by atoms with E-state index in [-0.39, 0.29) is 4.90 Å². The number of hydrogen-bond donors (Lipinski definition) is 1. The number of nitrogens with two attached hydrogens (primary N) is 1. The number of para-hydroxylation sites is 1. The van der Waals surface area contributed by atoms with Crippen molar-refractivity contribution in [2.45, 2.75) is 17.7 Å². The monoisotopic (exact) mass is 227 g/mol. The molecule has 4 nitrogen and oxygen atoms in total. The van der Waals surface area contributed by atoms with E-state index in [1.54, 1.807) is 18.2 Å². The third-order valence-electron chi connectivity index (χ3n) is 2.33. The summed E-state index contributed by atoms with van der Waals surface area (Å²) in [6.45, 7) is 0.576. The summed E-state index contributed by atoms with van der Waals surface area (Å²) in [6, 6.07) is 6.44. The molecule has 0 spiro atoms. The molecule has 0 atom stereocenters. The minimum Gasteiger partial charge on any atom is -0.492 e. The summed E-state index contributed by atoms with van der Waals surface area (Å²) >= 11 is 0. The second kappa shape index (κ2) is 3.83. The van der Waals surface area contributed by atoms with E-state index in [4.69, 9.17) is 9.88 Å². The number of ether oxygens (including phenoxy) is 1. The quantitative estimate of drug-likeness (QED) is 0.838. The van der Waals surface area contributed by atoms with Crippen molar-refractivity contribution < 1.29 is 13.2 Å². The molecule has 0 radical (unpaired) electrons. The Morgan fingerprint density at radius 1 is 1.33 bits per heavy atom. The second-order valence-electron chi connectivity index (χ2n) is 3.75. The van der Waals surface area contributed by atoms with E-state index in [2.05, 4.69) is 0 Å². The van der Waals surface area contributed by atoms with Gasteiger partial charge in [-0.15, -0.1) is 0 Å². The van der Waals surface area contributed by atoms with E-state index < -0.39 is 10.0 Å². The number of hydrogen-bond acceptors (Lipinski definition) is 3. The Morgan fingerprint density at radius 3 is 2.60 bits per heavy atom. The maximum absolute atomic E-state index is 11.2. The third-order valence-corrected chi connectivity index (χ3v) is 3.28. The van der Waals surface area contributed by atoms with E-state index in [0.29, 0.717) is 18.3 Å². The molecule has 0 aliphatic heterocycles. The molecule has 0 heterocycles. The molecule has 82 valence electrons. The molecule has 1 fully saturated rings. The molecule has 1 saturated carbocycles. The van der Waals surface area contributed by atoms with Crippen LogP contribution in [-0.4, -0.2) is 15.0 Å². The number of primary sulfonamides is 1. The molecule has 2 N–H and O–H groups in total. The predicted molar refractivity (Wildman–Crippen MR) is 56.0 cm³/mol. The van der Waals surface area contributed by atoms with Crippen LogP contribution in [0.4, 0.5) is 0 Å². The van der Waals surface area contributed by atoms with Crippen molar-refractivity contribution in [3.05, 3.63) is 24.3 Å². The average Bonchev–Trinajstić information content (AvgIpc) is 2.97. The molecule has 0 aromatic heterocycles. The SMILES string of the molecule is NS(=O)(=O)c1ccccc1OCC1CC1. The van der Waals surface area contributed by atoms with Gasteiger partial charge in [0.15, 0.2) is 0 Å². The minimum atomic E-state index is -3.69. The summed E-state index contributed by atoms with van der Waals surface area (Å²) in [5.74, 6) is 0.936. The van der Waals surface area contributed by atoms with Crippen LogP contribution in [-0.2, 0) is 10.0 Å². The van der Waals surface area contributed by atoms with Gasteiger partial charge in [-0.2, -0.15) is 0 Å². The van der Waals surface area contributed by atoms with Crippen molar-refractivity contribution in [1.29, 1.82) is 0 Å². The maximum atomic E-state index is 11.2. The molecule has 1 aliphatic rings. The van der Waals surface area contributed by atoms with Gasteiger partial charge in [0.05, 0.1) is 6.61 Å². The van der Waals surface area contributed by atoms with E-state index in [1.165, 1.54) is 6.07 Å². The van der Waals surface area contributed by atoms with E-state index in [1.807, 2.05) is 0 Å². The first-order valence-electron chi connectivity index (χ1n) is 4.82. The molecule has 15 heavy (non-hydrogen) atoms. The molecule has 0 unspecified atom stereocenters. The summed E-state index contributed by atoms with van der Waals surface area (Å²) in [7, 11) is -3.69. The highest BCUT2D eigenvalue weighted by Crippen LogP contribution is 2.31. The lowest BCUT2D eigenvalue weighted by molar-refractivity contribution is 0.292. The van der Waals surface area contributed by atoms with Gasteiger partial charge in [0.1, 0.15) is 10.6 Å². The fourth-order valence-corrected chi connectivity index (χ4v) is 1.97. The van der Waals surface area contributed by atoms with Gasteiger partial charge in [-0.1, -0.05) is 12.1 Å². The number of rotatable bonds is 4. The van der Waals surface area contributed by atoms with Gasteiger partial charge in [-0.05, 0) is 30.9 Å². The molecule has 0 amide bonds. The Kier molecular flexibility index (Phi) is 2.67. The van der Waals surface area contributed by atoms with Gasteiger partial charge < -0.3 is 4.74 Å². The van der Waals surface area contributed by atoms with Crippen LogP contribution in [0.5, 0.6) is 5.75 Å². The first kappa shape index (κ1) is 10.4. The minimum absolute atomic E-state index is 0.0608. The van der Waals surface area contributed by atoms with Crippen molar-refractivity contribution in [3.8, 4) is 5.75 Å². The second-order valence-corrected chi connectivity index (χ2v) is 5.28. The zero-order valence-electron chi connectivity index (χ0n) is 8.22. The highest BCUT2D eigenvalue weighted by atomic mass is 32.2. The lowest BCUT2D eigenvalue weighted by Gasteiger charge is -2.08. The van der Waals surface area contributed by atoms with Crippen LogP contribution >= 0.6 is 0 Å². The lowest BCUT2D eigenvalue weighted by Crippen LogP contribution is -2.14. The van der Waals surface area contributed by atoms with Gasteiger partial charge in [-0.25, -0.2) is 13.6 Å². The van der Waals surface area contributed by atoms with Crippen LogP contribution < -0.4 is 9.88 Å². The summed E-state index contributed by atoms with van der Waals surface area (Å²) < 4.78 is 27.9. The molecular formula is C10H13NO3S. The van der Waals surface area contributed by atoms with Crippen molar-refractivity contribution >= 4 is 10.0 Å². The topological polar surface area (TPSA) is 69.4 Å². The van der Waals surface area contributed by atoms with Gasteiger partial charge in [0, 0.05) is 0 Å². The lowest BCUT2D eigenvalue weighted by atomic mass is 10.3. The fraction of sp³-hybridized carbons (Fsp3) is 0.400. The first-order chi connectivity index (χ1) is 7.07. The first-order valence-corrected chi connectivity index (χ1v) is 6.36. The van der Waals surface area contributed by atoms with Crippen LogP contribution in [0.15, 0.2) is 29.2 Å². The predicted octanol–water partition coefficient (Wildman–Crippen LogP) is 1.12. The zero-order valence-corrected chi connectivity index (χ0v) is 9.03. The number of benzene rings is 1. The van der Waals surface area contributed by atoms with E-state index in [9.17, 15) is 8.42 Å². The molecular weight excluding hydrogens is 214 g/mol. The van der Waals surface area contributed by atoms with Crippen LogP contribution in [0.25, 0.3) is 0 Å². The van der Waals surface area contributed by atoms with Crippen LogP contribution in [0.2, 0.25) is 0 Å². The van der Waals surface area contributed by atoms with Crippen molar-refractivity contribution in [1.82, 2.24) is 0 Å². The maximum Gasteiger partial charge on any atom is 0.241 e. The summed E-state index contributed by atoms with van der Waals surface area (Å²) in [4.78, 5) is 0.0608.